The van der Waals surface area contributed by atoms with Gasteiger partial charge in [-0.1, -0.05) is 0 Å². The molecule has 0 bridgehead atoms. The standard InChI is InChI=1S/C6H11NOS/c8-6-3-1-2-5(9)4-7-6/h5,9H,1-4H2,(H,7,8). The van der Waals surface area contributed by atoms with Crippen molar-refractivity contribution >= 4 is 18.5 Å². The highest BCUT2D eigenvalue weighted by molar-refractivity contribution is 7.81. The molecule has 2 nitrogen and oxygen atoms in total. The fraction of sp³-hybridized carbons (Fsp3) is 0.833. The third kappa shape index (κ3) is 2.26. The number of thiol groups is 1. The van der Waals surface area contributed by atoms with Gasteiger partial charge in [0, 0.05) is 18.2 Å². The molecule has 1 fully saturated rings. The fourth-order valence-electron chi connectivity index (χ4n) is 0.920. The van der Waals surface area contributed by atoms with Gasteiger partial charge < -0.3 is 5.32 Å². The van der Waals surface area contributed by atoms with Crippen molar-refractivity contribution in [1.29, 1.82) is 0 Å². The minimum atomic E-state index is 0.173. The number of hydrogen-bond donors (Lipinski definition) is 2. The smallest absolute Gasteiger partial charge is 0.220 e. The molecule has 1 atom stereocenters. The predicted molar refractivity (Wildman–Crippen MR) is 39.6 cm³/mol. The van der Waals surface area contributed by atoms with Gasteiger partial charge in [-0.05, 0) is 12.8 Å². The van der Waals surface area contributed by atoms with Crippen LogP contribution in [-0.4, -0.2) is 17.7 Å². The molecule has 0 radical (unpaired) electrons. The van der Waals surface area contributed by atoms with Crippen LogP contribution in [0.5, 0.6) is 0 Å². The average Bonchev–Trinajstić information content (AvgIpc) is 1.97. The lowest BCUT2D eigenvalue weighted by molar-refractivity contribution is -0.120. The van der Waals surface area contributed by atoms with E-state index in [0.717, 1.165) is 19.4 Å². The predicted octanol–water partition coefficient (Wildman–Crippen LogP) is 0.585. The molecule has 0 spiro atoms. The van der Waals surface area contributed by atoms with Crippen molar-refractivity contribution in [3.05, 3.63) is 0 Å². The van der Waals surface area contributed by atoms with Gasteiger partial charge in [0.05, 0.1) is 0 Å². The molecule has 3 heteroatoms. The molecule has 1 rings (SSSR count). The van der Waals surface area contributed by atoms with E-state index in [1.54, 1.807) is 0 Å². The van der Waals surface area contributed by atoms with E-state index >= 15 is 0 Å². The lowest BCUT2D eigenvalue weighted by Crippen LogP contribution is -2.25. The topological polar surface area (TPSA) is 29.1 Å². The van der Waals surface area contributed by atoms with Crippen LogP contribution < -0.4 is 5.32 Å². The summed E-state index contributed by atoms with van der Waals surface area (Å²) in [6.45, 7) is 0.738. The normalized spacial score (nSPS) is 29.0. The summed E-state index contributed by atoms with van der Waals surface area (Å²) in [4.78, 5) is 10.7. The van der Waals surface area contributed by atoms with Crippen molar-refractivity contribution in [2.45, 2.75) is 24.5 Å². The van der Waals surface area contributed by atoms with Crippen LogP contribution in [0.15, 0.2) is 0 Å². The number of hydrogen-bond acceptors (Lipinski definition) is 2. The number of nitrogens with one attached hydrogen (secondary N) is 1. The van der Waals surface area contributed by atoms with E-state index < -0.39 is 0 Å². The molecular formula is C6H11NOS. The van der Waals surface area contributed by atoms with Gasteiger partial charge >= 0.3 is 0 Å². The molecule has 1 N–H and O–H groups in total. The molecular weight excluding hydrogens is 134 g/mol. The largest absolute Gasteiger partial charge is 0.355 e. The Hall–Kier alpha value is -0.180. The number of rotatable bonds is 0. The average molecular weight is 145 g/mol. The molecule has 1 heterocycles. The molecule has 1 amide bonds. The monoisotopic (exact) mass is 145 g/mol. The first-order chi connectivity index (χ1) is 4.29. The van der Waals surface area contributed by atoms with E-state index in [1.165, 1.54) is 0 Å². The van der Waals surface area contributed by atoms with Crippen LogP contribution in [0.1, 0.15) is 19.3 Å². The highest BCUT2D eigenvalue weighted by atomic mass is 32.1. The fourth-order valence-corrected chi connectivity index (χ4v) is 1.19. The second-order valence-electron chi connectivity index (χ2n) is 2.35. The van der Waals surface area contributed by atoms with Crippen LogP contribution >= 0.6 is 12.6 Å². The second-order valence-corrected chi connectivity index (χ2v) is 3.08. The molecule has 1 aliphatic rings. The van der Waals surface area contributed by atoms with Gasteiger partial charge in [-0.2, -0.15) is 12.6 Å². The molecule has 9 heavy (non-hydrogen) atoms. The van der Waals surface area contributed by atoms with Crippen LogP contribution in [-0.2, 0) is 4.79 Å². The Kier molecular flexibility index (Phi) is 2.39. The van der Waals surface area contributed by atoms with Gasteiger partial charge in [0.25, 0.3) is 0 Å². The lowest BCUT2D eigenvalue weighted by Gasteiger charge is -2.03. The third-order valence-electron chi connectivity index (χ3n) is 1.48. The minimum Gasteiger partial charge on any atom is -0.355 e. The molecule has 0 aromatic rings. The molecule has 0 saturated carbocycles. The number of carbonyl (C=O) groups is 1. The zero-order valence-corrected chi connectivity index (χ0v) is 6.16. The third-order valence-corrected chi connectivity index (χ3v) is 1.92. The number of amides is 1. The molecule has 0 aromatic heterocycles. The van der Waals surface area contributed by atoms with Crippen molar-refractivity contribution in [1.82, 2.24) is 5.32 Å². The Balaban J connectivity index is 2.34. The molecule has 1 unspecified atom stereocenters. The maximum absolute atomic E-state index is 10.7. The van der Waals surface area contributed by atoms with Crippen LogP contribution in [0.2, 0.25) is 0 Å². The van der Waals surface area contributed by atoms with Gasteiger partial charge in [0.1, 0.15) is 0 Å². The summed E-state index contributed by atoms with van der Waals surface area (Å²) in [5.74, 6) is 0.173. The highest BCUT2D eigenvalue weighted by Crippen LogP contribution is 2.09. The summed E-state index contributed by atoms with van der Waals surface area (Å²) in [6, 6.07) is 0. The first kappa shape index (κ1) is 6.93. The molecule has 52 valence electrons. The first-order valence-corrected chi connectivity index (χ1v) is 3.75. The molecule has 1 saturated heterocycles. The van der Waals surface area contributed by atoms with Gasteiger partial charge in [-0.15, -0.1) is 0 Å². The SMILES string of the molecule is O=C1CCCC(S)CN1. The lowest BCUT2D eigenvalue weighted by atomic mass is 10.2. The summed E-state index contributed by atoms with van der Waals surface area (Å²) in [5.41, 5.74) is 0. The van der Waals surface area contributed by atoms with E-state index in [0.29, 0.717) is 11.7 Å². The first-order valence-electron chi connectivity index (χ1n) is 3.24. The van der Waals surface area contributed by atoms with E-state index in [2.05, 4.69) is 17.9 Å². The Labute approximate surface area is 60.4 Å². The van der Waals surface area contributed by atoms with Crippen molar-refractivity contribution < 1.29 is 4.79 Å². The summed E-state index contributed by atoms with van der Waals surface area (Å²) in [5, 5.41) is 3.15. The van der Waals surface area contributed by atoms with E-state index in [9.17, 15) is 4.79 Å². The minimum absolute atomic E-state index is 0.173. The van der Waals surface area contributed by atoms with E-state index in [4.69, 9.17) is 0 Å². The summed E-state index contributed by atoms with van der Waals surface area (Å²) in [6.07, 6.45) is 2.72. The van der Waals surface area contributed by atoms with Gasteiger partial charge in [-0.25, -0.2) is 0 Å². The number of carbonyl (C=O) groups excluding carboxylic acids is 1. The van der Waals surface area contributed by atoms with Gasteiger partial charge in [-0.3, -0.25) is 4.79 Å². The summed E-state index contributed by atoms with van der Waals surface area (Å²) < 4.78 is 0. The Morgan fingerprint density at radius 2 is 2.44 bits per heavy atom. The van der Waals surface area contributed by atoms with Crippen LogP contribution in [0, 0.1) is 0 Å². The summed E-state index contributed by atoms with van der Waals surface area (Å²) >= 11 is 4.26. The van der Waals surface area contributed by atoms with Crippen molar-refractivity contribution in [2.24, 2.45) is 0 Å². The zero-order valence-electron chi connectivity index (χ0n) is 5.26. The highest BCUT2D eigenvalue weighted by Gasteiger charge is 2.10. The Morgan fingerprint density at radius 3 is 3.22 bits per heavy atom. The molecule has 0 aromatic carbocycles. The summed E-state index contributed by atoms with van der Waals surface area (Å²) in [7, 11) is 0. The van der Waals surface area contributed by atoms with Crippen LogP contribution in [0.4, 0.5) is 0 Å². The maximum Gasteiger partial charge on any atom is 0.220 e. The van der Waals surface area contributed by atoms with E-state index in [-0.39, 0.29) is 5.91 Å². The van der Waals surface area contributed by atoms with E-state index in [1.807, 2.05) is 0 Å². The van der Waals surface area contributed by atoms with Crippen molar-refractivity contribution in [3.63, 3.8) is 0 Å². The Bertz CT molecular complexity index is 116. The Morgan fingerprint density at radius 1 is 1.67 bits per heavy atom. The maximum atomic E-state index is 10.7. The quantitative estimate of drug-likeness (QED) is 0.480. The van der Waals surface area contributed by atoms with Gasteiger partial charge in [0.15, 0.2) is 0 Å². The zero-order chi connectivity index (χ0) is 6.69. The van der Waals surface area contributed by atoms with Crippen LogP contribution in [0.25, 0.3) is 0 Å². The van der Waals surface area contributed by atoms with Crippen molar-refractivity contribution in [2.75, 3.05) is 6.54 Å². The van der Waals surface area contributed by atoms with Crippen LogP contribution in [0.3, 0.4) is 0 Å². The molecule has 0 aliphatic carbocycles. The van der Waals surface area contributed by atoms with Gasteiger partial charge in [0.2, 0.25) is 5.91 Å². The molecule has 1 aliphatic heterocycles. The van der Waals surface area contributed by atoms with Crippen molar-refractivity contribution in [3.8, 4) is 0 Å². The second kappa shape index (κ2) is 3.11.